The number of aromatic amines is 1. The summed E-state index contributed by atoms with van der Waals surface area (Å²) in [6.45, 7) is 0.468. The molecule has 0 aromatic carbocycles. The molecule has 3 heterocycles. The van der Waals surface area contributed by atoms with Crippen LogP contribution in [0.5, 0.6) is 0 Å². The molecule has 0 radical (unpaired) electrons. The van der Waals surface area contributed by atoms with Gasteiger partial charge in [-0.2, -0.15) is 4.31 Å². The average Bonchev–Trinajstić information content (AvgIpc) is 3.36. The van der Waals surface area contributed by atoms with Crippen LogP contribution in [0.4, 0.5) is 5.82 Å². The quantitative estimate of drug-likeness (QED) is 0.756. The van der Waals surface area contributed by atoms with Gasteiger partial charge in [0.15, 0.2) is 0 Å². The van der Waals surface area contributed by atoms with Crippen LogP contribution in [0.1, 0.15) is 38.5 Å². The minimum atomic E-state index is -3.30. The molecule has 0 spiro atoms. The smallest absolute Gasteiger partial charge is 0.214 e. The van der Waals surface area contributed by atoms with E-state index < -0.39 is 10.0 Å². The predicted octanol–water partition coefficient (Wildman–Crippen LogP) is 1.74. The Kier molecular flexibility index (Phi) is 5.57. The second-order valence-corrected chi connectivity index (χ2v) is 10.1. The van der Waals surface area contributed by atoms with Crippen LogP contribution in [0.25, 0.3) is 11.0 Å². The van der Waals surface area contributed by atoms with Crippen LogP contribution >= 0.6 is 0 Å². The number of hydrogen-bond donors (Lipinski definition) is 2. The number of aliphatic hydroxyl groups is 1. The lowest BCUT2D eigenvalue weighted by Gasteiger charge is -2.36. The first kappa shape index (κ1) is 19.6. The first-order chi connectivity index (χ1) is 13.5. The molecule has 1 aliphatic heterocycles. The van der Waals surface area contributed by atoms with Crippen molar-refractivity contribution < 1.29 is 13.5 Å². The normalized spacial score (nSPS) is 26.7. The van der Waals surface area contributed by atoms with Gasteiger partial charge in [-0.25, -0.2) is 18.4 Å². The summed E-state index contributed by atoms with van der Waals surface area (Å²) in [5, 5.41) is 10.5. The lowest BCUT2D eigenvalue weighted by Crippen LogP contribution is -2.42. The molecule has 2 fully saturated rings. The first-order valence-electron chi connectivity index (χ1n) is 10.1. The molecule has 2 aromatic heterocycles. The number of fused-ring (bicyclic) bond motifs is 1. The maximum absolute atomic E-state index is 12.8. The number of nitrogens with zero attached hydrogens (tertiary/aromatic N) is 4. The fraction of sp³-hybridized carbons (Fsp3) is 0.684. The summed E-state index contributed by atoms with van der Waals surface area (Å²) in [7, 11) is -1.24. The number of anilines is 1. The van der Waals surface area contributed by atoms with Crippen LogP contribution in [0.3, 0.4) is 0 Å². The Morgan fingerprint density at radius 2 is 2.04 bits per heavy atom. The second kappa shape index (κ2) is 7.96. The minimum absolute atomic E-state index is 0.0800. The maximum Gasteiger partial charge on any atom is 0.214 e. The van der Waals surface area contributed by atoms with Gasteiger partial charge in [-0.15, -0.1) is 0 Å². The largest absolute Gasteiger partial charge is 0.395 e. The zero-order valence-electron chi connectivity index (χ0n) is 16.3. The summed E-state index contributed by atoms with van der Waals surface area (Å²) >= 11 is 0. The Balaban J connectivity index is 1.37. The molecule has 1 atom stereocenters. The molecule has 2 aliphatic rings. The number of aliphatic hydroxyl groups excluding tert-OH is 1. The molecule has 1 saturated heterocycles. The summed E-state index contributed by atoms with van der Waals surface area (Å²) < 4.78 is 27.2. The number of rotatable bonds is 6. The van der Waals surface area contributed by atoms with Gasteiger partial charge in [-0.1, -0.05) is 0 Å². The Bertz CT molecular complexity index is 907. The highest BCUT2D eigenvalue weighted by atomic mass is 32.2. The molecular formula is C19H29N5O3S. The Morgan fingerprint density at radius 3 is 2.79 bits per heavy atom. The number of nitrogens with one attached hydrogen (secondary N) is 1. The van der Waals surface area contributed by atoms with Gasteiger partial charge in [0.05, 0.1) is 17.7 Å². The van der Waals surface area contributed by atoms with E-state index in [1.165, 1.54) is 4.31 Å². The van der Waals surface area contributed by atoms with Crippen molar-refractivity contribution in [2.45, 2.75) is 50.6 Å². The summed E-state index contributed by atoms with van der Waals surface area (Å²) in [6.07, 6.45) is 8.76. The molecule has 28 heavy (non-hydrogen) atoms. The molecule has 154 valence electrons. The van der Waals surface area contributed by atoms with Crippen LogP contribution in [-0.2, 0) is 10.0 Å². The van der Waals surface area contributed by atoms with E-state index in [-0.39, 0.29) is 24.3 Å². The van der Waals surface area contributed by atoms with E-state index in [2.05, 4.69) is 26.9 Å². The third-order valence-corrected chi connectivity index (χ3v) is 8.46. The molecule has 1 aliphatic carbocycles. The van der Waals surface area contributed by atoms with Gasteiger partial charge in [-0.3, -0.25) is 0 Å². The number of aromatic nitrogens is 3. The zero-order valence-corrected chi connectivity index (χ0v) is 17.1. The molecule has 4 rings (SSSR count). The predicted molar refractivity (Wildman–Crippen MR) is 109 cm³/mol. The van der Waals surface area contributed by atoms with Gasteiger partial charge in [0.2, 0.25) is 10.0 Å². The molecule has 2 N–H and O–H groups in total. The second-order valence-electron chi connectivity index (χ2n) is 8.09. The van der Waals surface area contributed by atoms with Gasteiger partial charge in [0.1, 0.15) is 17.8 Å². The van der Waals surface area contributed by atoms with E-state index in [1.807, 2.05) is 12.3 Å². The van der Waals surface area contributed by atoms with Crippen molar-refractivity contribution in [2.24, 2.45) is 5.92 Å². The van der Waals surface area contributed by atoms with E-state index in [9.17, 15) is 13.5 Å². The van der Waals surface area contributed by atoms with Crippen molar-refractivity contribution >= 4 is 26.9 Å². The van der Waals surface area contributed by atoms with Crippen molar-refractivity contribution in [3.63, 3.8) is 0 Å². The fourth-order valence-corrected chi connectivity index (χ4v) is 6.92. The highest BCUT2D eigenvalue weighted by Gasteiger charge is 2.36. The van der Waals surface area contributed by atoms with Crippen LogP contribution in [0.15, 0.2) is 18.6 Å². The summed E-state index contributed by atoms with van der Waals surface area (Å²) in [5.74, 6) is 1.31. The fourth-order valence-electron chi connectivity index (χ4n) is 4.76. The third-order valence-electron chi connectivity index (χ3n) is 6.37. The lowest BCUT2D eigenvalue weighted by atomic mass is 9.86. The maximum atomic E-state index is 12.8. The number of H-pyrrole nitrogens is 1. The summed E-state index contributed by atoms with van der Waals surface area (Å²) in [4.78, 5) is 14.1. The van der Waals surface area contributed by atoms with Crippen molar-refractivity contribution in [2.75, 3.05) is 30.9 Å². The third kappa shape index (κ3) is 3.75. The van der Waals surface area contributed by atoms with Crippen LogP contribution in [0.2, 0.25) is 0 Å². The summed E-state index contributed by atoms with van der Waals surface area (Å²) in [6, 6.07) is 2.12. The Labute approximate surface area is 166 Å². The topological polar surface area (TPSA) is 102 Å². The van der Waals surface area contributed by atoms with E-state index in [1.54, 1.807) is 6.33 Å². The Morgan fingerprint density at radius 1 is 1.25 bits per heavy atom. The van der Waals surface area contributed by atoms with Crippen LogP contribution in [0, 0.1) is 5.92 Å². The highest BCUT2D eigenvalue weighted by molar-refractivity contribution is 7.89. The summed E-state index contributed by atoms with van der Waals surface area (Å²) in [5.41, 5.74) is 0.834. The first-order valence-corrected chi connectivity index (χ1v) is 11.7. The van der Waals surface area contributed by atoms with Gasteiger partial charge < -0.3 is 15.0 Å². The molecule has 1 saturated carbocycles. The Hall–Kier alpha value is -1.71. The van der Waals surface area contributed by atoms with E-state index in [0.29, 0.717) is 12.6 Å². The minimum Gasteiger partial charge on any atom is -0.395 e. The number of hydrogen-bond acceptors (Lipinski definition) is 6. The zero-order chi connectivity index (χ0) is 19.7. The van der Waals surface area contributed by atoms with Crippen molar-refractivity contribution in [1.82, 2.24) is 19.3 Å². The van der Waals surface area contributed by atoms with Gasteiger partial charge in [-0.05, 0) is 50.5 Å². The number of sulfonamides is 1. The molecule has 0 amide bonds. The molecule has 0 unspecified atom stereocenters. The van der Waals surface area contributed by atoms with Crippen molar-refractivity contribution in [1.29, 1.82) is 0 Å². The van der Waals surface area contributed by atoms with Gasteiger partial charge >= 0.3 is 0 Å². The van der Waals surface area contributed by atoms with Crippen molar-refractivity contribution in [3.05, 3.63) is 18.6 Å². The molecule has 8 nitrogen and oxygen atoms in total. The monoisotopic (exact) mass is 407 g/mol. The van der Waals surface area contributed by atoms with E-state index in [0.717, 1.165) is 55.4 Å². The molecule has 9 heteroatoms. The lowest BCUT2D eigenvalue weighted by molar-refractivity contribution is 0.212. The SMILES string of the molecule is CN(c1ncnc2[nH]ccc12)[C@H]1CC[C@H](CS(=O)(=O)N2CCC[C@@H]2CO)CC1. The molecular weight excluding hydrogens is 378 g/mol. The van der Waals surface area contributed by atoms with E-state index >= 15 is 0 Å². The molecule has 2 aromatic rings. The van der Waals surface area contributed by atoms with Crippen LogP contribution in [-0.4, -0.2) is 70.8 Å². The average molecular weight is 408 g/mol. The highest BCUT2D eigenvalue weighted by Crippen LogP contribution is 2.33. The van der Waals surface area contributed by atoms with E-state index in [4.69, 9.17) is 0 Å². The molecule has 0 bridgehead atoms. The van der Waals surface area contributed by atoms with Gasteiger partial charge in [0, 0.05) is 31.9 Å². The van der Waals surface area contributed by atoms with Gasteiger partial charge in [0.25, 0.3) is 0 Å². The van der Waals surface area contributed by atoms with Crippen molar-refractivity contribution in [3.8, 4) is 0 Å². The van der Waals surface area contributed by atoms with Crippen LogP contribution < -0.4 is 4.90 Å². The standard InChI is InChI=1S/C19H29N5O3S/c1-23(19-17-8-9-20-18(17)21-13-22-19)15-6-4-14(5-7-15)12-28(26,27)24-10-2-3-16(24)11-25/h8-9,13-16,25H,2-7,10-12H2,1H3,(H,20,21,22)/t14-,15-,16-/m1/s1.